The Kier molecular flexibility index (Phi) is 4.58. The van der Waals surface area contributed by atoms with Gasteiger partial charge in [-0.1, -0.05) is 31.4 Å². The van der Waals surface area contributed by atoms with E-state index < -0.39 is 12.5 Å². The van der Waals surface area contributed by atoms with E-state index in [-0.39, 0.29) is 18.4 Å². The maximum atomic E-state index is 12.2. The molecule has 0 heterocycles. The lowest BCUT2D eigenvalue weighted by atomic mass is 9.88. The molecular weight excluding hydrogens is 252 g/mol. The van der Waals surface area contributed by atoms with Gasteiger partial charge in [0.15, 0.2) is 0 Å². The van der Waals surface area contributed by atoms with E-state index in [4.69, 9.17) is 8.48 Å². The minimum atomic E-state index is -1.90. The van der Waals surface area contributed by atoms with Crippen molar-refractivity contribution in [1.29, 1.82) is 0 Å². The van der Waals surface area contributed by atoms with Gasteiger partial charge in [0.05, 0.1) is 6.10 Å². The smallest absolute Gasteiger partial charge is 0.227 e. The van der Waals surface area contributed by atoms with Crippen molar-refractivity contribution >= 4 is 11.6 Å². The van der Waals surface area contributed by atoms with E-state index in [2.05, 4.69) is 5.32 Å². The first-order chi connectivity index (χ1) is 10.4. The molecule has 1 fully saturated rings. The molecule has 0 saturated heterocycles. The number of hydrogen-bond donors (Lipinski definition) is 3. The maximum Gasteiger partial charge on any atom is 0.227 e. The van der Waals surface area contributed by atoms with E-state index in [0.717, 1.165) is 25.7 Å². The van der Waals surface area contributed by atoms with Gasteiger partial charge in [0.1, 0.15) is 0 Å². The largest absolute Gasteiger partial charge is 0.388 e. The second kappa shape index (κ2) is 7.41. The number of carbonyl (C=O) groups is 1. The molecule has 0 bridgehead atoms. The van der Waals surface area contributed by atoms with Crippen LogP contribution in [0.15, 0.2) is 24.3 Å². The number of anilines is 1. The number of nitrogens with two attached hydrogens (primary N) is 1. The summed E-state index contributed by atoms with van der Waals surface area (Å²) in [4.78, 5) is 12.2. The fourth-order valence-electron chi connectivity index (χ4n) is 2.63. The summed E-state index contributed by atoms with van der Waals surface area (Å²) < 4.78 is 15.4. The number of benzene rings is 1. The predicted octanol–water partition coefficient (Wildman–Crippen LogP) is 2.59. The molecule has 1 saturated carbocycles. The SMILES string of the molecule is [2H]C([2H])(CN)C(O)c1cccc(NC(=O)C2CCCCC2)c1. The minimum Gasteiger partial charge on any atom is -0.388 e. The van der Waals surface area contributed by atoms with Crippen molar-refractivity contribution in [2.24, 2.45) is 11.7 Å². The molecule has 1 aromatic carbocycles. The highest BCUT2D eigenvalue weighted by Crippen LogP contribution is 2.26. The summed E-state index contributed by atoms with van der Waals surface area (Å²) in [5.74, 6) is 0.0611. The Morgan fingerprint density at radius 3 is 2.90 bits per heavy atom. The van der Waals surface area contributed by atoms with Gasteiger partial charge in [-0.15, -0.1) is 0 Å². The normalized spacial score (nSPS) is 19.9. The fourth-order valence-corrected chi connectivity index (χ4v) is 2.63. The molecule has 1 atom stereocenters. The maximum absolute atomic E-state index is 12.2. The van der Waals surface area contributed by atoms with E-state index >= 15 is 0 Å². The van der Waals surface area contributed by atoms with Crippen LogP contribution in [0.3, 0.4) is 0 Å². The Balaban J connectivity index is 2.06. The van der Waals surface area contributed by atoms with E-state index in [1.165, 1.54) is 6.42 Å². The summed E-state index contributed by atoms with van der Waals surface area (Å²) in [5, 5.41) is 13.0. The topological polar surface area (TPSA) is 75.3 Å². The zero-order valence-corrected chi connectivity index (χ0v) is 11.6. The Bertz CT molecular complexity index is 517. The van der Waals surface area contributed by atoms with E-state index in [1.807, 2.05) is 0 Å². The first-order valence-corrected chi connectivity index (χ1v) is 7.23. The zero-order valence-electron chi connectivity index (χ0n) is 13.6. The fraction of sp³-hybridized carbons (Fsp3) is 0.562. The van der Waals surface area contributed by atoms with Crippen LogP contribution in [0.4, 0.5) is 5.69 Å². The van der Waals surface area contributed by atoms with Crippen molar-refractivity contribution in [3.63, 3.8) is 0 Å². The highest BCUT2D eigenvalue weighted by Gasteiger charge is 2.21. The average molecular weight is 278 g/mol. The van der Waals surface area contributed by atoms with Gasteiger partial charge in [-0.2, -0.15) is 0 Å². The van der Waals surface area contributed by atoms with Crippen molar-refractivity contribution in [3.05, 3.63) is 29.8 Å². The second-order valence-electron chi connectivity index (χ2n) is 5.26. The molecular formula is C16H24N2O2. The van der Waals surface area contributed by atoms with Crippen molar-refractivity contribution in [1.82, 2.24) is 0 Å². The van der Waals surface area contributed by atoms with Gasteiger partial charge >= 0.3 is 0 Å². The Morgan fingerprint density at radius 1 is 1.45 bits per heavy atom. The molecule has 0 aliphatic heterocycles. The summed E-state index contributed by atoms with van der Waals surface area (Å²) in [6.45, 7) is -0.271. The Morgan fingerprint density at radius 2 is 2.20 bits per heavy atom. The van der Waals surface area contributed by atoms with Crippen LogP contribution in [0.1, 0.15) is 52.9 Å². The molecule has 0 spiro atoms. The number of carbonyl (C=O) groups excluding carboxylic acids is 1. The third-order valence-electron chi connectivity index (χ3n) is 3.76. The lowest BCUT2D eigenvalue weighted by Crippen LogP contribution is -2.24. The van der Waals surface area contributed by atoms with Gasteiger partial charge < -0.3 is 16.2 Å². The minimum absolute atomic E-state index is 0.00757. The van der Waals surface area contributed by atoms with E-state index in [1.54, 1.807) is 24.3 Å². The number of nitrogens with one attached hydrogen (secondary N) is 1. The zero-order chi connectivity index (χ0) is 16.2. The lowest BCUT2D eigenvalue weighted by Gasteiger charge is -2.21. The summed E-state index contributed by atoms with van der Waals surface area (Å²) >= 11 is 0. The van der Waals surface area contributed by atoms with Crippen molar-refractivity contribution in [3.8, 4) is 0 Å². The monoisotopic (exact) mass is 278 g/mol. The third-order valence-corrected chi connectivity index (χ3v) is 3.76. The van der Waals surface area contributed by atoms with Crippen LogP contribution in [0.2, 0.25) is 0 Å². The average Bonchev–Trinajstić information content (AvgIpc) is 2.55. The summed E-state index contributed by atoms with van der Waals surface area (Å²) in [5.41, 5.74) is 6.35. The first kappa shape index (κ1) is 12.4. The van der Waals surface area contributed by atoms with Gasteiger partial charge in [-0.3, -0.25) is 4.79 Å². The van der Waals surface area contributed by atoms with Crippen LogP contribution in [0, 0.1) is 5.92 Å². The van der Waals surface area contributed by atoms with Crippen LogP contribution < -0.4 is 11.1 Å². The quantitative estimate of drug-likeness (QED) is 0.775. The molecule has 110 valence electrons. The van der Waals surface area contributed by atoms with E-state index in [9.17, 15) is 9.90 Å². The summed E-state index contributed by atoms with van der Waals surface area (Å²) in [6.07, 6.45) is 2.00. The van der Waals surface area contributed by atoms with Gasteiger partial charge in [0.25, 0.3) is 0 Å². The molecule has 1 unspecified atom stereocenters. The standard InChI is InChI=1S/C16H24N2O2/c17-10-9-15(19)13-7-4-8-14(11-13)18-16(20)12-5-2-1-3-6-12/h4,7-8,11-12,15,19H,1-3,5-6,9-10,17H2,(H,18,20)/i9D2. The van der Waals surface area contributed by atoms with Crippen LogP contribution in [-0.4, -0.2) is 17.6 Å². The van der Waals surface area contributed by atoms with Gasteiger partial charge in [0, 0.05) is 14.3 Å². The van der Waals surface area contributed by atoms with Crippen LogP contribution in [0.5, 0.6) is 0 Å². The van der Waals surface area contributed by atoms with Crippen LogP contribution >= 0.6 is 0 Å². The molecule has 4 nitrogen and oxygen atoms in total. The van der Waals surface area contributed by atoms with E-state index in [0.29, 0.717) is 11.3 Å². The molecule has 4 heteroatoms. The molecule has 1 aliphatic rings. The lowest BCUT2D eigenvalue weighted by molar-refractivity contribution is -0.120. The Labute approximate surface area is 123 Å². The summed E-state index contributed by atoms with van der Waals surface area (Å²) in [7, 11) is 0. The van der Waals surface area contributed by atoms with Crippen LogP contribution in [0.25, 0.3) is 0 Å². The third kappa shape index (κ3) is 4.05. The highest BCUT2D eigenvalue weighted by molar-refractivity contribution is 5.92. The molecule has 4 N–H and O–H groups in total. The highest BCUT2D eigenvalue weighted by atomic mass is 16.3. The van der Waals surface area contributed by atoms with Crippen LogP contribution in [-0.2, 0) is 4.79 Å². The molecule has 1 amide bonds. The number of aliphatic hydroxyl groups excluding tert-OH is 1. The second-order valence-corrected chi connectivity index (χ2v) is 5.26. The molecule has 1 aromatic rings. The van der Waals surface area contributed by atoms with Crippen molar-refractivity contribution < 1.29 is 12.6 Å². The molecule has 2 rings (SSSR count). The van der Waals surface area contributed by atoms with Crippen molar-refractivity contribution in [2.45, 2.75) is 44.6 Å². The first-order valence-electron chi connectivity index (χ1n) is 8.23. The van der Waals surface area contributed by atoms with Gasteiger partial charge in [-0.05, 0) is 43.5 Å². The number of hydrogen-bond acceptors (Lipinski definition) is 3. The van der Waals surface area contributed by atoms with Gasteiger partial charge in [-0.25, -0.2) is 0 Å². The molecule has 20 heavy (non-hydrogen) atoms. The number of aliphatic hydroxyl groups is 1. The number of rotatable bonds is 5. The molecule has 0 radical (unpaired) electrons. The van der Waals surface area contributed by atoms with Crippen molar-refractivity contribution in [2.75, 3.05) is 11.9 Å². The molecule has 0 aromatic heterocycles. The van der Waals surface area contributed by atoms with Gasteiger partial charge in [0.2, 0.25) is 5.91 Å². The summed E-state index contributed by atoms with van der Waals surface area (Å²) in [6, 6.07) is 6.68. The molecule has 1 aliphatic carbocycles. The number of amides is 1. The predicted molar refractivity (Wildman–Crippen MR) is 80.3 cm³/mol. The Hall–Kier alpha value is -1.39.